The van der Waals surface area contributed by atoms with E-state index in [0.717, 1.165) is 18.0 Å². The molecule has 0 atom stereocenters. The largest absolute Gasteiger partial charge is 0.478 e. The SMILES string of the molecule is O=C(O)c1ccc(Sc2nnc(C(F)(F)F)s2)nc1. The maximum atomic E-state index is 12.3. The van der Waals surface area contributed by atoms with Crippen LogP contribution in [-0.2, 0) is 6.18 Å². The van der Waals surface area contributed by atoms with Crippen molar-refractivity contribution in [1.82, 2.24) is 15.2 Å². The summed E-state index contributed by atoms with van der Waals surface area (Å²) in [6.45, 7) is 0. The molecule has 2 aromatic heterocycles. The molecule has 1 N–H and O–H groups in total. The zero-order valence-corrected chi connectivity index (χ0v) is 10.5. The summed E-state index contributed by atoms with van der Waals surface area (Å²) in [4.78, 5) is 14.4. The summed E-state index contributed by atoms with van der Waals surface area (Å²) >= 11 is 1.29. The second kappa shape index (κ2) is 5.13. The smallest absolute Gasteiger partial charge is 0.445 e. The lowest BCUT2D eigenvalue weighted by molar-refractivity contribution is -0.138. The Labute approximate surface area is 112 Å². The summed E-state index contributed by atoms with van der Waals surface area (Å²) in [6, 6.07) is 2.70. The van der Waals surface area contributed by atoms with Crippen LogP contribution in [0.25, 0.3) is 0 Å². The van der Waals surface area contributed by atoms with Crippen LogP contribution in [0.3, 0.4) is 0 Å². The van der Waals surface area contributed by atoms with Crippen molar-refractivity contribution in [2.75, 3.05) is 0 Å². The lowest BCUT2D eigenvalue weighted by atomic mass is 10.3. The molecule has 0 aliphatic carbocycles. The molecular formula is C9H4F3N3O2S2. The van der Waals surface area contributed by atoms with Crippen LogP contribution < -0.4 is 0 Å². The van der Waals surface area contributed by atoms with Crippen LogP contribution in [0.2, 0.25) is 0 Å². The Hall–Kier alpha value is -1.68. The molecule has 5 nitrogen and oxygen atoms in total. The van der Waals surface area contributed by atoms with Crippen LogP contribution in [-0.4, -0.2) is 26.3 Å². The second-order valence-corrected chi connectivity index (χ2v) is 5.41. The molecule has 0 radical (unpaired) electrons. The molecule has 0 saturated heterocycles. The molecule has 0 unspecified atom stereocenters. The monoisotopic (exact) mass is 307 g/mol. The van der Waals surface area contributed by atoms with Gasteiger partial charge < -0.3 is 5.11 Å². The van der Waals surface area contributed by atoms with Gasteiger partial charge in [-0.3, -0.25) is 0 Å². The number of halogens is 3. The summed E-state index contributed by atoms with van der Waals surface area (Å²) in [5.41, 5.74) is -0.00223. The molecule has 2 heterocycles. The fraction of sp³-hybridized carbons (Fsp3) is 0.111. The highest BCUT2D eigenvalue weighted by molar-refractivity contribution is 8.01. The Morgan fingerprint density at radius 3 is 2.53 bits per heavy atom. The number of hydrogen-bond acceptors (Lipinski definition) is 6. The first kappa shape index (κ1) is 13.7. The van der Waals surface area contributed by atoms with Gasteiger partial charge in [0.05, 0.1) is 5.56 Å². The van der Waals surface area contributed by atoms with Gasteiger partial charge in [0.15, 0.2) is 4.34 Å². The van der Waals surface area contributed by atoms with Crippen LogP contribution in [0.4, 0.5) is 13.2 Å². The zero-order chi connectivity index (χ0) is 14.0. The minimum absolute atomic E-state index is 0.00223. The molecule has 0 saturated carbocycles. The van der Waals surface area contributed by atoms with Crippen molar-refractivity contribution in [3.63, 3.8) is 0 Å². The van der Waals surface area contributed by atoms with Crippen molar-refractivity contribution in [3.8, 4) is 0 Å². The first-order valence-electron chi connectivity index (χ1n) is 4.64. The second-order valence-electron chi connectivity index (χ2n) is 3.16. The molecule has 0 aromatic carbocycles. The minimum atomic E-state index is -4.52. The van der Waals surface area contributed by atoms with E-state index in [4.69, 9.17) is 5.11 Å². The predicted molar refractivity (Wildman–Crippen MR) is 60.2 cm³/mol. The number of carboxylic acids is 1. The molecule has 2 aromatic rings. The van der Waals surface area contributed by atoms with Crippen molar-refractivity contribution >= 4 is 29.1 Å². The summed E-state index contributed by atoms with van der Waals surface area (Å²) in [7, 11) is 0. The van der Waals surface area contributed by atoms with E-state index in [-0.39, 0.29) is 9.90 Å². The number of rotatable bonds is 3. The van der Waals surface area contributed by atoms with Gasteiger partial charge in [-0.05, 0) is 23.9 Å². The van der Waals surface area contributed by atoms with E-state index in [9.17, 15) is 18.0 Å². The first-order chi connectivity index (χ1) is 8.86. The number of carboxylic acid groups (broad SMARTS) is 1. The number of alkyl halides is 3. The standard InChI is InChI=1S/C9H4F3N3O2S2/c10-9(11,12)7-14-15-8(19-7)18-5-2-1-4(3-13-5)6(16)17/h1-3H,(H,16,17). The van der Waals surface area contributed by atoms with Crippen molar-refractivity contribution in [2.24, 2.45) is 0 Å². The quantitative estimate of drug-likeness (QED) is 0.939. The van der Waals surface area contributed by atoms with Crippen molar-refractivity contribution < 1.29 is 23.1 Å². The van der Waals surface area contributed by atoms with E-state index < -0.39 is 17.2 Å². The van der Waals surface area contributed by atoms with E-state index in [1.165, 1.54) is 12.1 Å². The summed E-state index contributed by atoms with van der Waals surface area (Å²) in [5.74, 6) is -1.13. The Morgan fingerprint density at radius 1 is 1.32 bits per heavy atom. The van der Waals surface area contributed by atoms with Crippen LogP contribution >= 0.6 is 23.1 Å². The van der Waals surface area contributed by atoms with Gasteiger partial charge in [0.25, 0.3) is 0 Å². The summed E-state index contributed by atoms with van der Waals surface area (Å²) in [6.07, 6.45) is -3.40. The number of pyridine rings is 1. The van der Waals surface area contributed by atoms with Gasteiger partial charge in [0, 0.05) is 6.20 Å². The topological polar surface area (TPSA) is 76.0 Å². The third kappa shape index (κ3) is 3.41. The van der Waals surface area contributed by atoms with E-state index in [2.05, 4.69) is 15.2 Å². The van der Waals surface area contributed by atoms with E-state index in [1.54, 1.807) is 0 Å². The number of aromatic carboxylic acids is 1. The third-order valence-corrected chi connectivity index (χ3v) is 3.79. The Morgan fingerprint density at radius 2 is 2.05 bits per heavy atom. The van der Waals surface area contributed by atoms with E-state index in [0.29, 0.717) is 16.4 Å². The van der Waals surface area contributed by atoms with Gasteiger partial charge in [-0.25, -0.2) is 9.78 Å². The van der Waals surface area contributed by atoms with Crippen molar-refractivity contribution in [3.05, 3.63) is 28.9 Å². The van der Waals surface area contributed by atoms with Gasteiger partial charge in [0.1, 0.15) is 5.03 Å². The minimum Gasteiger partial charge on any atom is -0.478 e. The average molecular weight is 307 g/mol. The average Bonchev–Trinajstić information content (AvgIpc) is 2.78. The number of aromatic nitrogens is 3. The predicted octanol–water partition coefficient (Wildman–Crippen LogP) is 2.80. The lowest BCUT2D eigenvalue weighted by Gasteiger charge is -1.98. The highest BCUT2D eigenvalue weighted by Crippen LogP contribution is 2.36. The van der Waals surface area contributed by atoms with Crippen LogP contribution in [0, 0.1) is 0 Å². The molecular weight excluding hydrogens is 303 g/mol. The number of nitrogens with zero attached hydrogens (tertiary/aromatic N) is 3. The fourth-order valence-corrected chi connectivity index (χ4v) is 2.63. The van der Waals surface area contributed by atoms with Gasteiger partial charge in [-0.15, -0.1) is 10.2 Å². The van der Waals surface area contributed by atoms with Gasteiger partial charge in [-0.1, -0.05) is 11.3 Å². The molecule has 100 valence electrons. The Kier molecular flexibility index (Phi) is 3.71. The van der Waals surface area contributed by atoms with Gasteiger partial charge >= 0.3 is 12.1 Å². The van der Waals surface area contributed by atoms with Crippen molar-refractivity contribution in [1.29, 1.82) is 0 Å². The van der Waals surface area contributed by atoms with Crippen LogP contribution in [0.15, 0.2) is 27.7 Å². The highest BCUT2D eigenvalue weighted by Gasteiger charge is 2.35. The lowest BCUT2D eigenvalue weighted by Crippen LogP contribution is -2.03. The first-order valence-corrected chi connectivity index (χ1v) is 6.27. The molecule has 0 aliphatic rings. The van der Waals surface area contributed by atoms with E-state index in [1.807, 2.05) is 0 Å². The molecule has 0 bridgehead atoms. The maximum Gasteiger partial charge on any atom is 0.445 e. The Balaban J connectivity index is 2.13. The van der Waals surface area contributed by atoms with Gasteiger partial charge in [0.2, 0.25) is 5.01 Å². The number of carbonyl (C=O) groups is 1. The molecule has 0 spiro atoms. The fourth-order valence-electron chi connectivity index (χ4n) is 1.02. The normalized spacial score (nSPS) is 11.5. The molecule has 10 heteroatoms. The van der Waals surface area contributed by atoms with Crippen LogP contribution in [0.1, 0.15) is 15.4 Å². The summed E-state index contributed by atoms with van der Waals surface area (Å²) < 4.78 is 37.0. The van der Waals surface area contributed by atoms with E-state index >= 15 is 0 Å². The maximum absolute atomic E-state index is 12.3. The van der Waals surface area contributed by atoms with Crippen molar-refractivity contribution in [2.45, 2.75) is 15.5 Å². The zero-order valence-electron chi connectivity index (χ0n) is 8.88. The molecule has 0 amide bonds. The van der Waals surface area contributed by atoms with Crippen LogP contribution in [0.5, 0.6) is 0 Å². The molecule has 0 fully saturated rings. The highest BCUT2D eigenvalue weighted by atomic mass is 32.2. The van der Waals surface area contributed by atoms with Gasteiger partial charge in [-0.2, -0.15) is 13.2 Å². The number of hydrogen-bond donors (Lipinski definition) is 1. The molecule has 2 rings (SSSR count). The Bertz CT molecular complexity index is 598. The molecule has 19 heavy (non-hydrogen) atoms. The summed E-state index contributed by atoms with van der Waals surface area (Å²) in [5, 5.41) is 14.4. The molecule has 0 aliphatic heterocycles. The third-order valence-electron chi connectivity index (χ3n) is 1.82.